The van der Waals surface area contributed by atoms with E-state index in [9.17, 15) is 0 Å². The van der Waals surface area contributed by atoms with Crippen LogP contribution in [-0.4, -0.2) is 31.1 Å². The summed E-state index contributed by atoms with van der Waals surface area (Å²) < 4.78 is 5.58. The molecule has 1 N–H and O–H groups in total. The minimum absolute atomic E-state index is 0.735. The van der Waals surface area contributed by atoms with Gasteiger partial charge in [-0.1, -0.05) is 26.0 Å². The zero-order valence-electron chi connectivity index (χ0n) is 13.8. The number of hydrogen-bond donors (Lipinski definition) is 1. The Bertz CT molecular complexity index is 423. The molecule has 0 aromatic heterocycles. The van der Waals surface area contributed by atoms with E-state index in [1.165, 1.54) is 49.9 Å². The van der Waals surface area contributed by atoms with Gasteiger partial charge in [0.1, 0.15) is 5.75 Å². The van der Waals surface area contributed by atoms with Crippen molar-refractivity contribution in [1.82, 2.24) is 10.2 Å². The second-order valence-electron chi connectivity index (χ2n) is 6.08. The maximum atomic E-state index is 5.58. The second kappa shape index (κ2) is 8.40. The third-order valence-corrected chi connectivity index (χ3v) is 4.00. The second-order valence-corrected chi connectivity index (χ2v) is 6.08. The van der Waals surface area contributed by atoms with E-state index in [0.29, 0.717) is 0 Å². The molecule has 0 amide bonds. The van der Waals surface area contributed by atoms with Crippen molar-refractivity contribution in [3.05, 3.63) is 29.3 Å². The van der Waals surface area contributed by atoms with Crippen LogP contribution in [0.2, 0.25) is 0 Å². The first-order valence-electron chi connectivity index (χ1n) is 8.38. The van der Waals surface area contributed by atoms with Crippen LogP contribution in [0, 0.1) is 0 Å². The van der Waals surface area contributed by atoms with Crippen LogP contribution in [0.15, 0.2) is 18.2 Å². The molecule has 1 aliphatic carbocycles. The van der Waals surface area contributed by atoms with Crippen molar-refractivity contribution in [2.24, 2.45) is 0 Å². The maximum absolute atomic E-state index is 5.58. The summed E-state index contributed by atoms with van der Waals surface area (Å²) in [4.78, 5) is 2.52. The Morgan fingerprint density at radius 3 is 2.48 bits per heavy atom. The van der Waals surface area contributed by atoms with Crippen LogP contribution in [0.1, 0.15) is 50.7 Å². The molecule has 0 radical (unpaired) electrons. The Balaban J connectivity index is 1.98. The molecule has 118 valence electrons. The van der Waals surface area contributed by atoms with Gasteiger partial charge >= 0.3 is 0 Å². The van der Waals surface area contributed by atoms with E-state index in [1.54, 1.807) is 7.11 Å². The first-order valence-corrected chi connectivity index (χ1v) is 8.38. The summed E-state index contributed by atoms with van der Waals surface area (Å²) in [6.45, 7) is 8.77. The van der Waals surface area contributed by atoms with Gasteiger partial charge in [0.05, 0.1) is 7.11 Å². The summed E-state index contributed by atoms with van der Waals surface area (Å²) in [7, 11) is 1.77. The minimum Gasteiger partial charge on any atom is -0.496 e. The summed E-state index contributed by atoms with van der Waals surface area (Å²) in [5, 5.41) is 3.56. The number of methoxy groups -OCH3 is 1. The van der Waals surface area contributed by atoms with Gasteiger partial charge in [0.25, 0.3) is 0 Å². The molecule has 1 fully saturated rings. The van der Waals surface area contributed by atoms with Crippen LogP contribution < -0.4 is 10.1 Å². The summed E-state index contributed by atoms with van der Waals surface area (Å²) in [5.74, 6) is 1.02. The number of rotatable bonds is 10. The molecule has 1 aromatic rings. The monoisotopic (exact) mass is 290 g/mol. The van der Waals surface area contributed by atoms with Crippen molar-refractivity contribution >= 4 is 0 Å². The lowest BCUT2D eigenvalue weighted by atomic mass is 10.1. The lowest BCUT2D eigenvalue weighted by molar-refractivity contribution is 0.266. The summed E-state index contributed by atoms with van der Waals surface area (Å²) in [6, 6.07) is 7.42. The quantitative estimate of drug-likeness (QED) is 0.713. The number of hydrogen-bond acceptors (Lipinski definition) is 3. The van der Waals surface area contributed by atoms with Crippen LogP contribution in [0.25, 0.3) is 0 Å². The van der Waals surface area contributed by atoms with E-state index in [-0.39, 0.29) is 0 Å². The first kappa shape index (κ1) is 16.3. The van der Waals surface area contributed by atoms with Gasteiger partial charge in [-0.3, -0.25) is 4.90 Å². The third kappa shape index (κ3) is 5.33. The van der Waals surface area contributed by atoms with E-state index in [1.807, 2.05) is 0 Å². The fourth-order valence-corrected chi connectivity index (χ4v) is 2.74. The highest BCUT2D eigenvalue weighted by molar-refractivity contribution is 5.37. The van der Waals surface area contributed by atoms with Crippen molar-refractivity contribution in [3.8, 4) is 5.75 Å². The number of ether oxygens (including phenoxy) is 1. The van der Waals surface area contributed by atoms with Crippen LogP contribution in [-0.2, 0) is 13.1 Å². The molecule has 3 nitrogen and oxygen atoms in total. The Morgan fingerprint density at radius 2 is 1.90 bits per heavy atom. The van der Waals surface area contributed by atoms with Crippen LogP contribution in [0.3, 0.4) is 0 Å². The van der Waals surface area contributed by atoms with Crippen molar-refractivity contribution in [2.45, 2.75) is 58.7 Å². The van der Waals surface area contributed by atoms with E-state index in [0.717, 1.165) is 24.9 Å². The summed E-state index contributed by atoms with van der Waals surface area (Å²) in [5.41, 5.74) is 2.62. The van der Waals surface area contributed by atoms with Gasteiger partial charge in [-0.15, -0.1) is 0 Å². The van der Waals surface area contributed by atoms with E-state index in [4.69, 9.17) is 4.74 Å². The van der Waals surface area contributed by atoms with Gasteiger partial charge in [0, 0.05) is 24.7 Å². The van der Waals surface area contributed by atoms with Crippen LogP contribution in [0.5, 0.6) is 5.75 Å². The Kier molecular flexibility index (Phi) is 6.52. The highest BCUT2D eigenvalue weighted by Gasteiger charge is 2.20. The van der Waals surface area contributed by atoms with Gasteiger partial charge in [-0.05, 0) is 50.4 Å². The molecule has 2 rings (SSSR count). The Morgan fingerprint density at radius 1 is 1.19 bits per heavy atom. The van der Waals surface area contributed by atoms with Crippen molar-refractivity contribution in [2.75, 3.05) is 20.2 Å². The molecule has 0 unspecified atom stereocenters. The fraction of sp³-hybridized carbons (Fsp3) is 0.667. The largest absolute Gasteiger partial charge is 0.496 e. The minimum atomic E-state index is 0.735. The Labute approximate surface area is 129 Å². The molecule has 3 heteroatoms. The molecule has 0 saturated heterocycles. The van der Waals surface area contributed by atoms with Crippen molar-refractivity contribution < 1.29 is 4.74 Å². The number of benzene rings is 1. The zero-order chi connectivity index (χ0) is 15.1. The molecule has 0 bridgehead atoms. The lowest BCUT2D eigenvalue weighted by Gasteiger charge is -2.21. The number of nitrogens with one attached hydrogen (secondary N) is 1. The SMILES string of the molecule is CCCN(CCC)Cc1ccc(CNC2CC2)c(OC)c1. The van der Waals surface area contributed by atoms with Gasteiger partial charge < -0.3 is 10.1 Å². The maximum Gasteiger partial charge on any atom is 0.123 e. The van der Waals surface area contributed by atoms with E-state index >= 15 is 0 Å². The predicted molar refractivity (Wildman–Crippen MR) is 88.7 cm³/mol. The van der Waals surface area contributed by atoms with Crippen molar-refractivity contribution in [3.63, 3.8) is 0 Å². The van der Waals surface area contributed by atoms with Crippen LogP contribution >= 0.6 is 0 Å². The molecule has 21 heavy (non-hydrogen) atoms. The predicted octanol–water partition coefficient (Wildman–Crippen LogP) is 3.57. The average molecular weight is 290 g/mol. The highest BCUT2D eigenvalue weighted by atomic mass is 16.5. The van der Waals surface area contributed by atoms with Gasteiger partial charge in [-0.25, -0.2) is 0 Å². The average Bonchev–Trinajstić information content (AvgIpc) is 3.30. The van der Waals surface area contributed by atoms with E-state index in [2.05, 4.69) is 42.3 Å². The molecule has 0 atom stereocenters. The van der Waals surface area contributed by atoms with E-state index < -0.39 is 0 Å². The molecule has 1 aromatic carbocycles. The smallest absolute Gasteiger partial charge is 0.123 e. The van der Waals surface area contributed by atoms with Crippen molar-refractivity contribution in [1.29, 1.82) is 0 Å². The zero-order valence-corrected chi connectivity index (χ0v) is 13.8. The first-order chi connectivity index (χ1) is 10.3. The molecule has 0 heterocycles. The fourth-order valence-electron chi connectivity index (χ4n) is 2.74. The van der Waals surface area contributed by atoms with Gasteiger partial charge in [0.2, 0.25) is 0 Å². The van der Waals surface area contributed by atoms with Gasteiger partial charge in [-0.2, -0.15) is 0 Å². The molecule has 1 aliphatic rings. The molecular weight excluding hydrogens is 260 g/mol. The molecule has 0 aliphatic heterocycles. The highest BCUT2D eigenvalue weighted by Crippen LogP contribution is 2.24. The number of nitrogens with zero attached hydrogens (tertiary/aromatic N) is 1. The normalized spacial score (nSPS) is 14.7. The molecule has 1 saturated carbocycles. The molecular formula is C18H30N2O. The summed E-state index contributed by atoms with van der Waals surface area (Å²) >= 11 is 0. The lowest BCUT2D eigenvalue weighted by Crippen LogP contribution is -2.25. The molecule has 0 spiro atoms. The van der Waals surface area contributed by atoms with Crippen LogP contribution in [0.4, 0.5) is 0 Å². The third-order valence-electron chi connectivity index (χ3n) is 4.00. The Hall–Kier alpha value is -1.06. The topological polar surface area (TPSA) is 24.5 Å². The summed E-state index contributed by atoms with van der Waals surface area (Å²) in [6.07, 6.45) is 5.06. The standard InChI is InChI=1S/C18H30N2O/c1-4-10-20(11-5-2)14-15-6-7-16(18(12-15)21-3)13-19-17-8-9-17/h6-7,12,17,19H,4-5,8-11,13-14H2,1-3H3. The van der Waals surface area contributed by atoms with Gasteiger partial charge in [0.15, 0.2) is 0 Å².